The van der Waals surface area contributed by atoms with Gasteiger partial charge in [-0.15, -0.1) is 0 Å². The highest BCUT2D eigenvalue weighted by Gasteiger charge is 2.29. The van der Waals surface area contributed by atoms with Gasteiger partial charge < -0.3 is 20.9 Å². The van der Waals surface area contributed by atoms with Gasteiger partial charge in [0.05, 0.1) is 4.92 Å². The molecule has 1 heterocycles. The van der Waals surface area contributed by atoms with Crippen molar-refractivity contribution < 1.29 is 14.5 Å². The number of rotatable bonds is 5. The summed E-state index contributed by atoms with van der Waals surface area (Å²) in [7, 11) is 0. The number of nitrogens with one attached hydrogen (secondary N) is 1. The van der Waals surface area contributed by atoms with E-state index in [1.165, 1.54) is 12.5 Å². The minimum absolute atomic E-state index is 0.0596. The summed E-state index contributed by atoms with van der Waals surface area (Å²) in [5, 5.41) is 14.9. The van der Waals surface area contributed by atoms with Crippen molar-refractivity contribution in [3.05, 3.63) is 33.9 Å². The minimum Gasteiger partial charge on any atom is -0.364 e. The second kappa shape index (κ2) is 11.2. The van der Waals surface area contributed by atoms with E-state index >= 15 is 0 Å². The maximum atomic E-state index is 13.0. The van der Waals surface area contributed by atoms with Gasteiger partial charge in [-0.05, 0) is 57.1 Å². The summed E-state index contributed by atoms with van der Waals surface area (Å²) in [6.45, 7) is 2.44. The molecule has 186 valence electrons. The molecule has 9 nitrogen and oxygen atoms in total. The molecule has 34 heavy (non-hydrogen) atoms. The maximum absolute atomic E-state index is 13.0. The van der Waals surface area contributed by atoms with E-state index in [-0.39, 0.29) is 35.5 Å². The number of hydrogen-bond acceptors (Lipinski definition) is 6. The molecular formula is C25H37N5O4. The SMILES string of the molecule is NC1CCC(NC(=O)c2ccc(N3CCCN(C(=O)C4CCCCC4)CC3)c([N+](=O)[O-])c2)CC1. The standard InChI is InChI=1S/C25H37N5O4/c26-20-8-10-21(11-9-20)27-24(31)19-7-12-22(23(17-19)30(33)34)28-13-4-14-29(16-15-28)25(32)18-5-2-1-3-6-18/h7,12,17-18,20-21H,1-6,8-11,13-16,26H2,(H,27,31). The van der Waals surface area contributed by atoms with Crippen LogP contribution in [0.3, 0.4) is 0 Å². The van der Waals surface area contributed by atoms with Crippen molar-refractivity contribution in [1.29, 1.82) is 0 Å². The third-order valence-corrected chi connectivity index (χ3v) is 7.64. The van der Waals surface area contributed by atoms with Gasteiger partial charge in [0.2, 0.25) is 5.91 Å². The number of nitro benzene ring substituents is 1. The van der Waals surface area contributed by atoms with Crippen molar-refractivity contribution >= 4 is 23.2 Å². The minimum atomic E-state index is -0.415. The molecule has 0 atom stereocenters. The molecule has 1 aromatic carbocycles. The van der Waals surface area contributed by atoms with Gasteiger partial charge >= 0.3 is 0 Å². The Labute approximate surface area is 201 Å². The van der Waals surface area contributed by atoms with E-state index in [0.29, 0.717) is 37.4 Å². The molecule has 0 spiro atoms. The van der Waals surface area contributed by atoms with Crippen LogP contribution in [0.1, 0.15) is 74.6 Å². The van der Waals surface area contributed by atoms with Crippen molar-refractivity contribution in [2.24, 2.45) is 11.7 Å². The van der Waals surface area contributed by atoms with Crippen LogP contribution in [0.2, 0.25) is 0 Å². The molecule has 2 amide bonds. The second-order valence-corrected chi connectivity index (χ2v) is 10.0. The van der Waals surface area contributed by atoms with Gasteiger partial charge in [0.1, 0.15) is 5.69 Å². The highest BCUT2D eigenvalue weighted by Crippen LogP contribution is 2.31. The van der Waals surface area contributed by atoms with E-state index in [9.17, 15) is 19.7 Å². The third-order valence-electron chi connectivity index (χ3n) is 7.64. The van der Waals surface area contributed by atoms with Crippen molar-refractivity contribution in [3.63, 3.8) is 0 Å². The summed E-state index contributed by atoms with van der Waals surface area (Å²) >= 11 is 0. The number of amides is 2. The van der Waals surface area contributed by atoms with Gasteiger partial charge in [-0.1, -0.05) is 19.3 Å². The van der Waals surface area contributed by atoms with E-state index in [2.05, 4.69) is 5.32 Å². The Morgan fingerprint density at radius 1 is 0.941 bits per heavy atom. The summed E-state index contributed by atoms with van der Waals surface area (Å²) in [6.07, 6.45) is 9.58. The molecule has 1 aliphatic heterocycles. The Bertz CT molecular complexity index is 893. The molecule has 0 bridgehead atoms. The quantitative estimate of drug-likeness (QED) is 0.502. The Kier molecular flexibility index (Phi) is 8.03. The molecule has 3 aliphatic rings. The fourth-order valence-electron chi connectivity index (χ4n) is 5.60. The topological polar surface area (TPSA) is 122 Å². The Hall–Kier alpha value is -2.68. The molecule has 4 rings (SSSR count). The van der Waals surface area contributed by atoms with Gasteiger partial charge in [0.25, 0.3) is 11.6 Å². The number of anilines is 1. The molecule has 1 aromatic rings. The first-order valence-corrected chi connectivity index (χ1v) is 12.8. The zero-order valence-corrected chi connectivity index (χ0v) is 19.9. The number of nitro groups is 1. The molecular weight excluding hydrogens is 434 g/mol. The van der Waals surface area contributed by atoms with Crippen LogP contribution in [-0.2, 0) is 4.79 Å². The van der Waals surface area contributed by atoms with Crippen LogP contribution < -0.4 is 16.0 Å². The van der Waals surface area contributed by atoms with Crippen LogP contribution in [0, 0.1) is 16.0 Å². The molecule has 0 aromatic heterocycles. The highest BCUT2D eigenvalue weighted by atomic mass is 16.6. The van der Waals surface area contributed by atoms with E-state index < -0.39 is 4.92 Å². The van der Waals surface area contributed by atoms with Crippen molar-refractivity contribution in [1.82, 2.24) is 10.2 Å². The summed E-state index contributed by atoms with van der Waals surface area (Å²) in [4.78, 5) is 41.1. The summed E-state index contributed by atoms with van der Waals surface area (Å²) in [6, 6.07) is 4.99. The Morgan fingerprint density at radius 2 is 1.68 bits per heavy atom. The zero-order chi connectivity index (χ0) is 24.1. The van der Waals surface area contributed by atoms with Crippen LogP contribution in [-0.4, -0.2) is 59.9 Å². The zero-order valence-electron chi connectivity index (χ0n) is 19.9. The number of nitrogens with zero attached hydrogens (tertiary/aromatic N) is 3. The van der Waals surface area contributed by atoms with Crippen molar-refractivity contribution in [3.8, 4) is 0 Å². The molecule has 0 radical (unpaired) electrons. The normalized spacial score (nSPS) is 24.4. The Balaban J connectivity index is 1.42. The average molecular weight is 472 g/mol. The lowest BCUT2D eigenvalue weighted by Crippen LogP contribution is -2.40. The molecule has 0 unspecified atom stereocenters. The Morgan fingerprint density at radius 3 is 2.38 bits per heavy atom. The van der Waals surface area contributed by atoms with Gasteiger partial charge in [0, 0.05) is 55.8 Å². The van der Waals surface area contributed by atoms with Gasteiger partial charge in [-0.3, -0.25) is 19.7 Å². The molecule has 2 aliphatic carbocycles. The predicted molar refractivity (Wildman–Crippen MR) is 131 cm³/mol. The smallest absolute Gasteiger partial charge is 0.293 e. The van der Waals surface area contributed by atoms with Crippen LogP contribution in [0.25, 0.3) is 0 Å². The number of nitrogens with two attached hydrogens (primary N) is 1. The fraction of sp³-hybridized carbons (Fsp3) is 0.680. The largest absolute Gasteiger partial charge is 0.364 e. The van der Waals surface area contributed by atoms with Crippen LogP contribution in [0.5, 0.6) is 0 Å². The lowest BCUT2D eigenvalue weighted by atomic mass is 9.88. The summed E-state index contributed by atoms with van der Waals surface area (Å²) in [5.41, 5.74) is 6.69. The number of hydrogen-bond donors (Lipinski definition) is 2. The van der Waals surface area contributed by atoms with Crippen molar-refractivity contribution in [2.75, 3.05) is 31.1 Å². The van der Waals surface area contributed by atoms with Gasteiger partial charge in [0.15, 0.2) is 0 Å². The molecule has 3 fully saturated rings. The van der Waals surface area contributed by atoms with E-state index in [1.54, 1.807) is 12.1 Å². The van der Waals surface area contributed by atoms with Crippen LogP contribution >= 0.6 is 0 Å². The predicted octanol–water partition coefficient (Wildman–Crippen LogP) is 3.21. The summed E-state index contributed by atoms with van der Waals surface area (Å²) < 4.78 is 0. The third kappa shape index (κ3) is 5.87. The first kappa shape index (κ1) is 24.4. The van der Waals surface area contributed by atoms with Crippen LogP contribution in [0.15, 0.2) is 18.2 Å². The lowest BCUT2D eigenvalue weighted by Gasteiger charge is -2.28. The molecule has 3 N–H and O–H groups in total. The molecule has 1 saturated heterocycles. The van der Waals surface area contributed by atoms with E-state index in [4.69, 9.17) is 5.73 Å². The average Bonchev–Trinajstić information content (AvgIpc) is 3.11. The van der Waals surface area contributed by atoms with Crippen molar-refractivity contribution in [2.45, 2.75) is 76.3 Å². The molecule has 9 heteroatoms. The first-order chi connectivity index (χ1) is 16.4. The number of carbonyl (C=O) groups is 2. The maximum Gasteiger partial charge on any atom is 0.293 e. The highest BCUT2D eigenvalue weighted by molar-refractivity contribution is 5.96. The van der Waals surface area contributed by atoms with E-state index in [0.717, 1.165) is 57.8 Å². The monoisotopic (exact) mass is 471 g/mol. The van der Waals surface area contributed by atoms with Gasteiger partial charge in [-0.25, -0.2) is 0 Å². The van der Waals surface area contributed by atoms with Gasteiger partial charge in [-0.2, -0.15) is 0 Å². The van der Waals surface area contributed by atoms with Crippen LogP contribution in [0.4, 0.5) is 11.4 Å². The lowest BCUT2D eigenvalue weighted by molar-refractivity contribution is -0.384. The molecule has 2 saturated carbocycles. The first-order valence-electron chi connectivity index (χ1n) is 12.8. The summed E-state index contributed by atoms with van der Waals surface area (Å²) in [5.74, 6) is 0.0920. The second-order valence-electron chi connectivity index (χ2n) is 10.0. The fourth-order valence-corrected chi connectivity index (χ4v) is 5.60. The van der Waals surface area contributed by atoms with E-state index in [1.807, 2.05) is 9.80 Å². The number of benzene rings is 1. The number of carbonyl (C=O) groups excluding carboxylic acids is 2.